The highest BCUT2D eigenvalue weighted by atomic mass is 19.2. The van der Waals surface area contributed by atoms with Gasteiger partial charge in [-0.2, -0.15) is 5.54 Å². The molecule has 2 atom stereocenters. The summed E-state index contributed by atoms with van der Waals surface area (Å²) in [6.45, 7) is 2.45. The Bertz CT molecular complexity index is 295. The van der Waals surface area contributed by atoms with Gasteiger partial charge < -0.3 is 10.1 Å². The van der Waals surface area contributed by atoms with Crippen molar-refractivity contribution >= 4 is 5.69 Å². The molecule has 0 amide bonds. The largest absolute Gasteiger partial charge is 0.380 e. The summed E-state index contributed by atoms with van der Waals surface area (Å²) in [4.78, 5) is 0. The summed E-state index contributed by atoms with van der Waals surface area (Å²) < 4.78 is 17.2. The second-order valence-electron chi connectivity index (χ2n) is 4.10. The van der Waals surface area contributed by atoms with Crippen LogP contribution >= 0.6 is 0 Å². The van der Waals surface area contributed by atoms with E-state index in [-0.39, 0.29) is 12.1 Å². The number of nitrogens with one attached hydrogen (secondary N) is 2. The molecule has 1 aromatic rings. The first-order chi connectivity index (χ1) is 8.27. The Morgan fingerprint density at radius 1 is 1.29 bits per heavy atom. The van der Waals surface area contributed by atoms with Crippen molar-refractivity contribution in [3.63, 3.8) is 0 Å². The van der Waals surface area contributed by atoms with E-state index in [1.54, 1.807) is 12.6 Å². The highest BCUT2D eigenvalue weighted by Gasteiger charge is 2.15. The number of para-hydroxylation sites is 1. The third kappa shape index (κ3) is 5.15. The van der Waals surface area contributed by atoms with Crippen molar-refractivity contribution < 1.29 is 9.22 Å². The molecule has 17 heavy (non-hydrogen) atoms. The van der Waals surface area contributed by atoms with Crippen LogP contribution in [0, 0.1) is 0 Å². The molecule has 3 nitrogen and oxygen atoms in total. The molecule has 0 fully saturated rings. The van der Waals surface area contributed by atoms with Gasteiger partial charge in [0, 0.05) is 25.4 Å². The van der Waals surface area contributed by atoms with Crippen LogP contribution in [-0.2, 0) is 4.74 Å². The molecule has 0 aliphatic rings. The van der Waals surface area contributed by atoms with Crippen molar-refractivity contribution in [2.24, 2.45) is 0 Å². The predicted octanol–water partition coefficient (Wildman–Crippen LogP) is 2.76. The number of rotatable bonds is 8. The van der Waals surface area contributed by atoms with Crippen LogP contribution in [0.4, 0.5) is 10.2 Å². The van der Waals surface area contributed by atoms with Crippen LogP contribution < -0.4 is 10.9 Å². The van der Waals surface area contributed by atoms with Crippen molar-refractivity contribution in [2.75, 3.05) is 19.0 Å². The highest BCUT2D eigenvalue weighted by molar-refractivity contribution is 5.43. The molecule has 2 unspecified atom stereocenters. The maximum atomic E-state index is 11.8. The number of methoxy groups -OCH3 is 1. The molecule has 0 aliphatic heterocycles. The molecule has 0 radical (unpaired) electrons. The average Bonchev–Trinajstić information content (AvgIpc) is 2.36. The van der Waals surface area contributed by atoms with Crippen molar-refractivity contribution in [1.82, 2.24) is 5.54 Å². The van der Waals surface area contributed by atoms with Gasteiger partial charge in [0.1, 0.15) is 0 Å². The lowest BCUT2D eigenvalue weighted by Gasteiger charge is -2.24. The zero-order chi connectivity index (χ0) is 12.5. The SMILES string of the molecule is COC(CCCNF)C(C)Nc1ccccc1. The second kappa shape index (κ2) is 8.03. The summed E-state index contributed by atoms with van der Waals surface area (Å²) in [6.07, 6.45) is 1.67. The summed E-state index contributed by atoms with van der Waals surface area (Å²) in [5.41, 5.74) is 2.73. The maximum Gasteiger partial charge on any atom is 0.0770 e. The van der Waals surface area contributed by atoms with Crippen LogP contribution in [0.25, 0.3) is 0 Å². The van der Waals surface area contributed by atoms with Gasteiger partial charge in [-0.25, -0.2) is 0 Å². The van der Waals surface area contributed by atoms with E-state index in [1.165, 1.54) is 0 Å². The van der Waals surface area contributed by atoms with E-state index in [0.717, 1.165) is 18.5 Å². The average molecular weight is 240 g/mol. The summed E-state index contributed by atoms with van der Waals surface area (Å²) in [6, 6.07) is 10.2. The number of benzene rings is 1. The van der Waals surface area contributed by atoms with E-state index in [0.29, 0.717) is 6.54 Å². The van der Waals surface area contributed by atoms with Crippen LogP contribution in [0.1, 0.15) is 19.8 Å². The van der Waals surface area contributed by atoms with Crippen molar-refractivity contribution in [3.8, 4) is 0 Å². The first-order valence-electron chi connectivity index (χ1n) is 5.95. The Hall–Kier alpha value is -1.13. The van der Waals surface area contributed by atoms with Crippen LogP contribution in [0.2, 0.25) is 0 Å². The molecule has 0 aliphatic carbocycles. The first-order valence-corrected chi connectivity index (χ1v) is 5.95. The van der Waals surface area contributed by atoms with Crippen LogP contribution in [0.5, 0.6) is 0 Å². The summed E-state index contributed by atoms with van der Waals surface area (Å²) in [7, 11) is 1.69. The molecule has 0 heterocycles. The molecule has 96 valence electrons. The molecule has 0 saturated carbocycles. The molecule has 0 aromatic heterocycles. The predicted molar refractivity (Wildman–Crippen MR) is 68.7 cm³/mol. The van der Waals surface area contributed by atoms with Gasteiger partial charge in [0.2, 0.25) is 0 Å². The number of anilines is 1. The van der Waals surface area contributed by atoms with Crippen LogP contribution in [0.3, 0.4) is 0 Å². The quantitative estimate of drug-likeness (QED) is 0.541. The van der Waals surface area contributed by atoms with Gasteiger partial charge >= 0.3 is 0 Å². The Kier molecular flexibility index (Phi) is 6.58. The fourth-order valence-corrected chi connectivity index (χ4v) is 1.83. The third-order valence-corrected chi connectivity index (χ3v) is 2.79. The fraction of sp³-hybridized carbons (Fsp3) is 0.538. The van der Waals surface area contributed by atoms with Gasteiger partial charge in [-0.15, -0.1) is 4.48 Å². The smallest absolute Gasteiger partial charge is 0.0770 e. The van der Waals surface area contributed by atoms with Gasteiger partial charge in [0.05, 0.1) is 6.10 Å². The lowest BCUT2D eigenvalue weighted by atomic mass is 10.1. The van der Waals surface area contributed by atoms with E-state index in [4.69, 9.17) is 4.74 Å². The minimum absolute atomic E-state index is 0.0866. The fourth-order valence-electron chi connectivity index (χ4n) is 1.83. The monoisotopic (exact) mass is 240 g/mol. The minimum atomic E-state index is 0.0866. The Labute approximate surface area is 102 Å². The van der Waals surface area contributed by atoms with E-state index in [9.17, 15) is 4.48 Å². The van der Waals surface area contributed by atoms with E-state index in [2.05, 4.69) is 12.2 Å². The summed E-state index contributed by atoms with van der Waals surface area (Å²) >= 11 is 0. The van der Waals surface area contributed by atoms with Crippen LogP contribution in [-0.4, -0.2) is 25.8 Å². The summed E-state index contributed by atoms with van der Waals surface area (Å²) in [5, 5.41) is 3.38. The molecule has 0 bridgehead atoms. The topological polar surface area (TPSA) is 33.3 Å². The van der Waals surface area contributed by atoms with E-state index < -0.39 is 0 Å². The van der Waals surface area contributed by atoms with Gasteiger partial charge in [-0.05, 0) is 31.9 Å². The third-order valence-electron chi connectivity index (χ3n) is 2.79. The van der Waals surface area contributed by atoms with Crippen molar-refractivity contribution in [2.45, 2.75) is 31.9 Å². The number of ether oxygens (including phenoxy) is 1. The summed E-state index contributed by atoms with van der Waals surface area (Å²) in [5.74, 6) is 0. The number of halogens is 1. The lowest BCUT2D eigenvalue weighted by molar-refractivity contribution is 0.0803. The second-order valence-corrected chi connectivity index (χ2v) is 4.10. The molecule has 4 heteroatoms. The van der Waals surface area contributed by atoms with Gasteiger partial charge in [0.25, 0.3) is 0 Å². The lowest BCUT2D eigenvalue weighted by Crippen LogP contribution is -2.32. The highest BCUT2D eigenvalue weighted by Crippen LogP contribution is 2.13. The minimum Gasteiger partial charge on any atom is -0.380 e. The number of hydrogen-bond donors (Lipinski definition) is 2. The van der Waals surface area contributed by atoms with E-state index >= 15 is 0 Å². The number of hydrogen-bond acceptors (Lipinski definition) is 3. The molecule has 1 rings (SSSR count). The molecule has 0 saturated heterocycles. The zero-order valence-corrected chi connectivity index (χ0v) is 10.4. The standard InChI is InChI=1S/C13H21FN2O/c1-11(13(17-2)9-6-10-15-14)16-12-7-4-3-5-8-12/h3-5,7-8,11,13,15-16H,6,9-10H2,1-2H3. The normalized spacial score (nSPS) is 14.3. The maximum absolute atomic E-state index is 11.8. The van der Waals surface area contributed by atoms with Gasteiger partial charge in [0.15, 0.2) is 0 Å². The van der Waals surface area contributed by atoms with Crippen molar-refractivity contribution in [1.29, 1.82) is 0 Å². The van der Waals surface area contributed by atoms with Crippen molar-refractivity contribution in [3.05, 3.63) is 30.3 Å². The van der Waals surface area contributed by atoms with E-state index in [1.807, 2.05) is 30.3 Å². The molecule has 1 aromatic carbocycles. The van der Waals surface area contributed by atoms with Crippen LogP contribution in [0.15, 0.2) is 30.3 Å². The Morgan fingerprint density at radius 2 is 2.00 bits per heavy atom. The zero-order valence-electron chi connectivity index (χ0n) is 10.4. The Balaban J connectivity index is 2.40. The molecule has 0 spiro atoms. The van der Waals surface area contributed by atoms with Gasteiger partial charge in [-0.3, -0.25) is 0 Å². The molecular weight excluding hydrogens is 219 g/mol. The Morgan fingerprint density at radius 3 is 2.59 bits per heavy atom. The van der Waals surface area contributed by atoms with Gasteiger partial charge in [-0.1, -0.05) is 18.2 Å². The molecular formula is C13H21FN2O. The molecule has 2 N–H and O–H groups in total. The first kappa shape index (κ1) is 13.9.